The third kappa shape index (κ3) is 4.42. The van der Waals surface area contributed by atoms with Gasteiger partial charge < -0.3 is 10.1 Å². The normalized spacial score (nSPS) is 10.4. The molecule has 10 heteroatoms. The summed E-state index contributed by atoms with van der Waals surface area (Å²) in [7, 11) is 0. The zero-order chi connectivity index (χ0) is 19.4. The van der Waals surface area contributed by atoms with Crippen LogP contribution in [0.1, 0.15) is 18.3 Å². The maximum Gasteiger partial charge on any atom is 0.311 e. The molecule has 0 fully saturated rings. The minimum Gasteiger partial charge on any atom is -0.461 e. The van der Waals surface area contributed by atoms with Crippen molar-refractivity contribution in [3.63, 3.8) is 0 Å². The molecule has 0 amide bonds. The van der Waals surface area contributed by atoms with Crippen molar-refractivity contribution in [2.45, 2.75) is 20.5 Å². The zero-order valence-electron chi connectivity index (χ0n) is 14.6. The van der Waals surface area contributed by atoms with Crippen LogP contribution in [-0.4, -0.2) is 30.6 Å². The smallest absolute Gasteiger partial charge is 0.311 e. The minimum atomic E-state index is -0.513. The molecule has 3 aromatic rings. The summed E-state index contributed by atoms with van der Waals surface area (Å²) in [5.74, 6) is 0.679. The first kappa shape index (κ1) is 18.0. The maximum atomic E-state index is 11.3. The number of anilines is 2. The van der Waals surface area contributed by atoms with E-state index in [1.165, 1.54) is 30.1 Å². The number of benzene rings is 1. The van der Waals surface area contributed by atoms with Crippen LogP contribution in [0.4, 0.5) is 17.2 Å². The predicted molar refractivity (Wildman–Crippen MR) is 95.7 cm³/mol. The lowest BCUT2D eigenvalue weighted by Crippen LogP contribution is -2.05. The van der Waals surface area contributed by atoms with Crippen molar-refractivity contribution in [2.24, 2.45) is 0 Å². The highest BCUT2D eigenvalue weighted by atomic mass is 16.6. The molecule has 0 aliphatic heterocycles. The molecule has 0 saturated carbocycles. The molecule has 0 spiro atoms. The quantitative estimate of drug-likeness (QED) is 0.400. The van der Waals surface area contributed by atoms with Crippen molar-refractivity contribution < 1.29 is 14.5 Å². The number of carbonyl (C=O) groups is 1. The lowest BCUT2D eigenvalue weighted by molar-refractivity contribution is -0.384. The molecule has 0 saturated heterocycles. The van der Waals surface area contributed by atoms with Crippen LogP contribution in [0.15, 0.2) is 42.7 Å². The zero-order valence-corrected chi connectivity index (χ0v) is 14.6. The fourth-order valence-electron chi connectivity index (χ4n) is 2.27. The van der Waals surface area contributed by atoms with Gasteiger partial charge in [0, 0.05) is 18.7 Å². The third-order valence-electron chi connectivity index (χ3n) is 3.56. The molecule has 2 aromatic heterocycles. The van der Waals surface area contributed by atoms with Gasteiger partial charge in [-0.05, 0) is 30.7 Å². The first-order chi connectivity index (χ1) is 12.9. The highest BCUT2D eigenvalue weighted by Gasteiger charge is 2.17. The van der Waals surface area contributed by atoms with Crippen molar-refractivity contribution >= 4 is 23.2 Å². The lowest BCUT2D eigenvalue weighted by atomic mass is 10.2. The van der Waals surface area contributed by atoms with Gasteiger partial charge in [0.15, 0.2) is 5.82 Å². The van der Waals surface area contributed by atoms with Crippen LogP contribution in [0.3, 0.4) is 0 Å². The summed E-state index contributed by atoms with van der Waals surface area (Å²) in [5.41, 5.74) is 1.23. The van der Waals surface area contributed by atoms with Gasteiger partial charge >= 0.3 is 11.7 Å². The van der Waals surface area contributed by atoms with E-state index >= 15 is 0 Å². The number of esters is 1. The van der Waals surface area contributed by atoms with E-state index in [4.69, 9.17) is 4.74 Å². The molecule has 0 radical (unpaired) electrons. The Morgan fingerprint density at radius 3 is 2.59 bits per heavy atom. The lowest BCUT2D eigenvalue weighted by Gasteiger charge is -2.09. The molecule has 0 bridgehead atoms. The van der Waals surface area contributed by atoms with Gasteiger partial charge in [-0.15, -0.1) is 0 Å². The average molecular weight is 368 g/mol. The van der Waals surface area contributed by atoms with E-state index in [0.29, 0.717) is 17.3 Å². The van der Waals surface area contributed by atoms with Crippen LogP contribution in [0.5, 0.6) is 0 Å². The van der Waals surface area contributed by atoms with Crippen LogP contribution in [0.25, 0.3) is 5.82 Å². The van der Waals surface area contributed by atoms with Crippen LogP contribution in [0, 0.1) is 17.0 Å². The second kappa shape index (κ2) is 7.60. The first-order valence-corrected chi connectivity index (χ1v) is 7.96. The summed E-state index contributed by atoms with van der Waals surface area (Å²) in [6.45, 7) is 3.23. The summed E-state index contributed by atoms with van der Waals surface area (Å²) in [4.78, 5) is 30.0. The highest BCUT2D eigenvalue weighted by Crippen LogP contribution is 2.27. The Morgan fingerprint density at radius 1 is 1.26 bits per heavy atom. The van der Waals surface area contributed by atoms with Gasteiger partial charge in [0.25, 0.3) is 0 Å². The number of rotatable bonds is 6. The maximum absolute atomic E-state index is 11.3. The highest BCUT2D eigenvalue weighted by molar-refractivity contribution is 5.67. The van der Waals surface area contributed by atoms with Crippen LogP contribution in [0.2, 0.25) is 0 Å². The molecule has 10 nitrogen and oxygen atoms in total. The number of aryl methyl sites for hydroxylation is 1. The van der Waals surface area contributed by atoms with Crippen molar-refractivity contribution in [3.05, 3.63) is 64.2 Å². The van der Waals surface area contributed by atoms with E-state index in [1.54, 1.807) is 31.2 Å². The fraction of sp³-hybridized carbons (Fsp3) is 0.176. The van der Waals surface area contributed by atoms with Gasteiger partial charge in [-0.2, -0.15) is 5.10 Å². The number of nitrogens with zero attached hydrogens (tertiary/aromatic N) is 5. The van der Waals surface area contributed by atoms with Gasteiger partial charge in [-0.3, -0.25) is 14.9 Å². The van der Waals surface area contributed by atoms with Gasteiger partial charge in [0.2, 0.25) is 5.82 Å². The summed E-state index contributed by atoms with van der Waals surface area (Å²) < 4.78 is 6.36. The Balaban J connectivity index is 1.86. The Morgan fingerprint density at radius 2 is 2.00 bits per heavy atom. The number of aromatic nitrogens is 4. The number of pyridine rings is 1. The SMILES string of the molecule is CC(=O)OCc1ccc(Nc2nc(-n3cnc(C)n3)ccc2[N+](=O)[O-])cc1. The third-order valence-corrected chi connectivity index (χ3v) is 3.56. The second-order valence-corrected chi connectivity index (χ2v) is 5.63. The summed E-state index contributed by atoms with van der Waals surface area (Å²) in [6, 6.07) is 9.80. The second-order valence-electron chi connectivity index (χ2n) is 5.63. The number of nitrogens with one attached hydrogen (secondary N) is 1. The Hall–Kier alpha value is -3.82. The molecule has 3 rings (SSSR count). The van der Waals surface area contributed by atoms with E-state index in [-0.39, 0.29) is 24.1 Å². The molecule has 27 heavy (non-hydrogen) atoms. The van der Waals surface area contributed by atoms with E-state index < -0.39 is 4.92 Å². The number of hydrogen-bond acceptors (Lipinski definition) is 8. The Bertz CT molecular complexity index is 983. The van der Waals surface area contributed by atoms with Crippen molar-refractivity contribution in [1.82, 2.24) is 19.7 Å². The first-order valence-electron chi connectivity index (χ1n) is 7.96. The predicted octanol–water partition coefficient (Wildman–Crippen LogP) is 2.69. The molecule has 1 N–H and O–H groups in total. The average Bonchev–Trinajstić information content (AvgIpc) is 3.07. The van der Waals surface area contributed by atoms with Crippen LogP contribution >= 0.6 is 0 Å². The van der Waals surface area contributed by atoms with E-state index in [2.05, 4.69) is 20.4 Å². The summed E-state index contributed by atoms with van der Waals surface area (Å²) in [6.07, 6.45) is 1.48. The molecule has 1 aromatic carbocycles. The largest absolute Gasteiger partial charge is 0.461 e. The Labute approximate surface area is 154 Å². The summed E-state index contributed by atoms with van der Waals surface area (Å²) in [5, 5.41) is 18.4. The number of carbonyl (C=O) groups excluding carboxylic acids is 1. The molecule has 0 aliphatic carbocycles. The minimum absolute atomic E-state index is 0.0818. The van der Waals surface area contributed by atoms with Crippen molar-refractivity contribution in [2.75, 3.05) is 5.32 Å². The number of ether oxygens (including phenoxy) is 1. The number of nitro groups is 1. The van der Waals surface area contributed by atoms with Gasteiger partial charge in [0.05, 0.1) is 4.92 Å². The Kier molecular flexibility index (Phi) is 5.06. The molecule has 2 heterocycles. The standard InChI is InChI=1S/C17H16N6O4/c1-11-18-10-22(21-11)16-8-7-15(23(25)26)17(20-16)19-14-5-3-13(4-6-14)9-27-12(2)24/h3-8,10H,9H2,1-2H3,(H,19,20). The number of hydrogen-bond donors (Lipinski definition) is 1. The van der Waals surface area contributed by atoms with Gasteiger partial charge in [-0.25, -0.2) is 14.6 Å². The monoisotopic (exact) mass is 368 g/mol. The van der Waals surface area contributed by atoms with Crippen molar-refractivity contribution in [3.8, 4) is 5.82 Å². The fourth-order valence-corrected chi connectivity index (χ4v) is 2.27. The topological polar surface area (TPSA) is 125 Å². The van der Waals surface area contributed by atoms with Crippen LogP contribution < -0.4 is 5.32 Å². The molecule has 0 atom stereocenters. The van der Waals surface area contributed by atoms with E-state index in [1.807, 2.05) is 0 Å². The van der Waals surface area contributed by atoms with Crippen molar-refractivity contribution in [1.29, 1.82) is 0 Å². The van der Waals surface area contributed by atoms with Gasteiger partial charge in [0.1, 0.15) is 18.8 Å². The molecular weight excluding hydrogens is 352 g/mol. The molecular formula is C17H16N6O4. The molecule has 0 aliphatic rings. The summed E-state index contributed by atoms with van der Waals surface area (Å²) >= 11 is 0. The molecule has 138 valence electrons. The van der Waals surface area contributed by atoms with E-state index in [0.717, 1.165) is 5.56 Å². The van der Waals surface area contributed by atoms with E-state index in [9.17, 15) is 14.9 Å². The molecule has 0 unspecified atom stereocenters. The van der Waals surface area contributed by atoms with Gasteiger partial charge in [-0.1, -0.05) is 12.1 Å². The van der Waals surface area contributed by atoms with Crippen LogP contribution in [-0.2, 0) is 16.1 Å².